The van der Waals surface area contributed by atoms with E-state index in [1.807, 2.05) is 24.3 Å². The van der Waals surface area contributed by atoms with Crippen molar-refractivity contribution in [3.8, 4) is 11.4 Å². The molecule has 0 atom stereocenters. The molecule has 2 aromatic rings. The summed E-state index contributed by atoms with van der Waals surface area (Å²) >= 11 is 3.39. The zero-order valence-corrected chi connectivity index (χ0v) is 11.4. The van der Waals surface area contributed by atoms with E-state index < -0.39 is 0 Å². The number of halogens is 1. The van der Waals surface area contributed by atoms with Crippen LogP contribution in [0.1, 0.15) is 5.82 Å². The van der Waals surface area contributed by atoms with E-state index >= 15 is 0 Å². The highest BCUT2D eigenvalue weighted by Crippen LogP contribution is 2.17. The van der Waals surface area contributed by atoms with E-state index in [1.165, 1.54) is 0 Å². The maximum Gasteiger partial charge on any atom is 0.188 e. The highest BCUT2D eigenvalue weighted by molar-refractivity contribution is 9.10. The molecule has 7 heteroatoms. The fraction of sp³-hybridized carbons (Fsp3) is 0.182. The lowest BCUT2D eigenvalue weighted by Gasteiger charge is -2.00. The van der Waals surface area contributed by atoms with Crippen LogP contribution in [-0.4, -0.2) is 28.2 Å². The van der Waals surface area contributed by atoms with Crippen LogP contribution in [0.25, 0.3) is 11.4 Å². The van der Waals surface area contributed by atoms with Crippen molar-refractivity contribution in [1.29, 1.82) is 0 Å². The summed E-state index contributed by atoms with van der Waals surface area (Å²) in [6.45, 7) is 0.465. The molecule has 0 saturated carbocycles. The van der Waals surface area contributed by atoms with Gasteiger partial charge in [-0.15, -0.1) is 0 Å². The summed E-state index contributed by atoms with van der Waals surface area (Å²) in [6, 6.07) is 7.80. The highest BCUT2D eigenvalue weighted by atomic mass is 79.9. The van der Waals surface area contributed by atoms with Gasteiger partial charge < -0.3 is 11.1 Å². The molecule has 1 aromatic heterocycles. The van der Waals surface area contributed by atoms with E-state index in [4.69, 9.17) is 5.73 Å². The van der Waals surface area contributed by atoms with Crippen molar-refractivity contribution >= 4 is 21.9 Å². The molecule has 0 amide bonds. The van der Waals surface area contributed by atoms with Crippen LogP contribution in [0.15, 0.2) is 33.7 Å². The second kappa shape index (κ2) is 5.63. The van der Waals surface area contributed by atoms with E-state index in [0.717, 1.165) is 10.0 Å². The Kier molecular flexibility index (Phi) is 3.93. The van der Waals surface area contributed by atoms with Crippen LogP contribution in [0.5, 0.6) is 0 Å². The van der Waals surface area contributed by atoms with Gasteiger partial charge in [0, 0.05) is 17.1 Å². The lowest BCUT2D eigenvalue weighted by Crippen LogP contribution is -2.31. The van der Waals surface area contributed by atoms with E-state index in [1.54, 1.807) is 7.05 Å². The minimum Gasteiger partial charge on any atom is -0.370 e. The summed E-state index contributed by atoms with van der Waals surface area (Å²) in [5, 5.41) is 9.91. The van der Waals surface area contributed by atoms with Gasteiger partial charge in [-0.1, -0.05) is 28.1 Å². The largest absolute Gasteiger partial charge is 0.370 e. The quantitative estimate of drug-likeness (QED) is 0.588. The number of guanidine groups is 1. The Balaban J connectivity index is 2.08. The monoisotopic (exact) mass is 308 g/mol. The standard InChI is InChI=1S/C11H13BrN6/c1-14-11(13)15-6-9-16-10(18-17-9)7-2-4-8(12)5-3-7/h2-5H,6H2,1H3,(H3,13,14,15)(H,16,17,18). The fourth-order valence-corrected chi connectivity index (χ4v) is 1.62. The molecule has 4 N–H and O–H groups in total. The Bertz CT molecular complexity index is 545. The van der Waals surface area contributed by atoms with E-state index in [2.05, 4.69) is 41.4 Å². The van der Waals surface area contributed by atoms with Crippen molar-refractivity contribution in [3.05, 3.63) is 34.6 Å². The number of hydrogen-bond acceptors (Lipinski definition) is 3. The third kappa shape index (κ3) is 3.07. The number of aromatic nitrogens is 3. The first-order valence-corrected chi connectivity index (χ1v) is 6.11. The number of nitrogens with zero attached hydrogens (tertiary/aromatic N) is 3. The molecule has 94 valence electrons. The van der Waals surface area contributed by atoms with Gasteiger partial charge in [-0.2, -0.15) is 5.10 Å². The van der Waals surface area contributed by atoms with Crippen molar-refractivity contribution in [2.75, 3.05) is 7.05 Å². The van der Waals surface area contributed by atoms with E-state index in [0.29, 0.717) is 24.2 Å². The Labute approximate surface area is 113 Å². The number of H-pyrrole nitrogens is 1. The smallest absolute Gasteiger partial charge is 0.188 e. The Hall–Kier alpha value is -1.89. The van der Waals surface area contributed by atoms with Crippen LogP contribution in [0.4, 0.5) is 0 Å². The zero-order valence-electron chi connectivity index (χ0n) is 9.81. The summed E-state index contributed by atoms with van der Waals surface area (Å²) in [5.74, 6) is 1.74. The van der Waals surface area contributed by atoms with Gasteiger partial charge in [0.15, 0.2) is 11.8 Å². The highest BCUT2D eigenvalue weighted by Gasteiger charge is 2.05. The Morgan fingerprint density at radius 2 is 2.17 bits per heavy atom. The van der Waals surface area contributed by atoms with Crippen LogP contribution in [0.2, 0.25) is 0 Å². The van der Waals surface area contributed by atoms with Gasteiger partial charge >= 0.3 is 0 Å². The molecule has 0 aliphatic carbocycles. The summed E-state index contributed by atoms with van der Waals surface area (Å²) in [5.41, 5.74) is 6.48. The van der Waals surface area contributed by atoms with Gasteiger partial charge in [-0.3, -0.25) is 10.1 Å². The minimum atomic E-state index is 0.372. The van der Waals surface area contributed by atoms with E-state index in [9.17, 15) is 0 Å². The van der Waals surface area contributed by atoms with Crippen molar-refractivity contribution in [2.45, 2.75) is 6.54 Å². The van der Waals surface area contributed by atoms with E-state index in [-0.39, 0.29) is 0 Å². The molecule has 0 bridgehead atoms. The molecule has 0 spiro atoms. The summed E-state index contributed by atoms with van der Waals surface area (Å²) < 4.78 is 1.02. The summed E-state index contributed by atoms with van der Waals surface area (Å²) in [7, 11) is 1.62. The maximum absolute atomic E-state index is 5.53. The molecular formula is C11H13BrN6. The molecule has 0 saturated heterocycles. The van der Waals surface area contributed by atoms with Crippen LogP contribution in [-0.2, 0) is 6.54 Å². The van der Waals surface area contributed by atoms with Gasteiger partial charge in [0.1, 0.15) is 5.82 Å². The number of aromatic amines is 1. The summed E-state index contributed by atoms with van der Waals surface area (Å²) in [6.07, 6.45) is 0. The normalized spacial score (nSPS) is 11.6. The van der Waals surface area contributed by atoms with Gasteiger partial charge in [-0.25, -0.2) is 4.98 Å². The topological polar surface area (TPSA) is 92.0 Å². The molecule has 1 heterocycles. The molecule has 1 aromatic carbocycles. The van der Waals surface area contributed by atoms with Crippen LogP contribution in [0, 0.1) is 0 Å². The Morgan fingerprint density at radius 1 is 1.44 bits per heavy atom. The molecule has 6 nitrogen and oxygen atoms in total. The number of aliphatic imine (C=N–C) groups is 1. The van der Waals surface area contributed by atoms with Gasteiger partial charge in [0.25, 0.3) is 0 Å². The zero-order chi connectivity index (χ0) is 13.0. The number of hydrogen-bond donors (Lipinski definition) is 3. The van der Waals surface area contributed by atoms with Gasteiger partial charge in [0.05, 0.1) is 6.54 Å². The van der Waals surface area contributed by atoms with Crippen LogP contribution < -0.4 is 11.1 Å². The molecule has 0 aliphatic heterocycles. The minimum absolute atomic E-state index is 0.372. The van der Waals surface area contributed by atoms with Crippen LogP contribution >= 0.6 is 15.9 Å². The average Bonchev–Trinajstić information content (AvgIpc) is 2.85. The average molecular weight is 309 g/mol. The lowest BCUT2D eigenvalue weighted by molar-refractivity contribution is 0.823. The third-order valence-electron chi connectivity index (χ3n) is 2.31. The van der Waals surface area contributed by atoms with Gasteiger partial charge in [-0.05, 0) is 12.1 Å². The molecule has 18 heavy (non-hydrogen) atoms. The molecule has 0 radical (unpaired) electrons. The van der Waals surface area contributed by atoms with Gasteiger partial charge in [0.2, 0.25) is 0 Å². The first-order valence-electron chi connectivity index (χ1n) is 5.32. The number of nitrogens with one attached hydrogen (secondary N) is 2. The predicted octanol–water partition coefficient (Wildman–Crippen LogP) is 1.27. The second-order valence-electron chi connectivity index (χ2n) is 3.58. The number of nitrogens with two attached hydrogens (primary N) is 1. The Morgan fingerprint density at radius 3 is 2.83 bits per heavy atom. The third-order valence-corrected chi connectivity index (χ3v) is 2.84. The van der Waals surface area contributed by atoms with Crippen molar-refractivity contribution in [2.24, 2.45) is 10.7 Å². The van der Waals surface area contributed by atoms with Crippen molar-refractivity contribution in [3.63, 3.8) is 0 Å². The summed E-state index contributed by atoms with van der Waals surface area (Å²) in [4.78, 5) is 8.16. The van der Waals surface area contributed by atoms with Crippen LogP contribution in [0.3, 0.4) is 0 Å². The molecular weight excluding hydrogens is 296 g/mol. The molecule has 0 unspecified atom stereocenters. The first kappa shape index (κ1) is 12.6. The fourth-order valence-electron chi connectivity index (χ4n) is 1.36. The maximum atomic E-state index is 5.53. The second-order valence-corrected chi connectivity index (χ2v) is 4.49. The molecule has 2 rings (SSSR count). The first-order chi connectivity index (χ1) is 8.69. The predicted molar refractivity (Wildman–Crippen MR) is 73.9 cm³/mol. The van der Waals surface area contributed by atoms with Crippen molar-refractivity contribution in [1.82, 2.24) is 20.5 Å². The lowest BCUT2D eigenvalue weighted by atomic mass is 10.2. The molecule has 0 fully saturated rings. The van der Waals surface area contributed by atoms with Crippen molar-refractivity contribution < 1.29 is 0 Å². The SMILES string of the molecule is CN=C(N)NCc1nc(-c2ccc(Br)cc2)n[nH]1. The number of benzene rings is 1. The number of rotatable bonds is 3. The molecule has 0 aliphatic rings.